The van der Waals surface area contributed by atoms with Crippen molar-refractivity contribution in [3.05, 3.63) is 12.7 Å². The van der Waals surface area contributed by atoms with E-state index in [2.05, 4.69) is 62.9 Å². The molecule has 114 valence electrons. The number of anilines is 2. The fourth-order valence-electron chi connectivity index (χ4n) is 1.95. The smallest absolute Gasteiger partial charge is 0.258 e. The van der Waals surface area contributed by atoms with Crippen LogP contribution in [0.15, 0.2) is 12.7 Å². The van der Waals surface area contributed by atoms with Crippen molar-refractivity contribution >= 4 is 11.9 Å². The number of nitrogens with zero attached hydrogens (tertiary/aromatic N) is 7. The van der Waals surface area contributed by atoms with Gasteiger partial charge in [0, 0.05) is 19.1 Å². The Hall–Kier alpha value is -2.25. The summed E-state index contributed by atoms with van der Waals surface area (Å²) in [5, 5.41) is 7.29. The van der Waals surface area contributed by atoms with Crippen LogP contribution in [0.4, 0.5) is 11.9 Å². The molecule has 2 aromatic heterocycles. The zero-order valence-corrected chi connectivity index (χ0v) is 13.0. The minimum absolute atomic E-state index is 0.306. The molecule has 2 rings (SSSR count). The predicted molar refractivity (Wildman–Crippen MR) is 81.7 cm³/mol. The third-order valence-electron chi connectivity index (χ3n) is 2.99. The summed E-state index contributed by atoms with van der Waals surface area (Å²) in [5.41, 5.74) is 0. The average molecular weight is 290 g/mol. The van der Waals surface area contributed by atoms with Gasteiger partial charge in [0.05, 0.1) is 0 Å². The van der Waals surface area contributed by atoms with Gasteiger partial charge in [0.25, 0.3) is 5.95 Å². The van der Waals surface area contributed by atoms with Crippen molar-refractivity contribution in [2.24, 2.45) is 0 Å². The predicted octanol–water partition coefficient (Wildman–Crippen LogP) is 1.51. The molecule has 0 spiro atoms. The monoisotopic (exact) mass is 290 g/mol. The fourth-order valence-corrected chi connectivity index (χ4v) is 1.95. The largest absolute Gasteiger partial charge is 0.354 e. The molecule has 0 bridgehead atoms. The zero-order chi connectivity index (χ0) is 15.2. The van der Waals surface area contributed by atoms with E-state index in [1.165, 1.54) is 11.0 Å². The van der Waals surface area contributed by atoms with E-state index in [0.29, 0.717) is 23.9 Å². The van der Waals surface area contributed by atoms with Gasteiger partial charge in [-0.05, 0) is 27.2 Å². The zero-order valence-electron chi connectivity index (χ0n) is 13.0. The van der Waals surface area contributed by atoms with Gasteiger partial charge in [0.15, 0.2) is 0 Å². The summed E-state index contributed by atoms with van der Waals surface area (Å²) in [6, 6.07) is 0.306. The van der Waals surface area contributed by atoms with Gasteiger partial charge in [0.2, 0.25) is 11.9 Å². The normalized spacial score (nSPS) is 10.9. The highest BCUT2D eigenvalue weighted by atomic mass is 15.4. The van der Waals surface area contributed by atoms with Crippen LogP contribution >= 0.6 is 0 Å². The summed E-state index contributed by atoms with van der Waals surface area (Å²) in [6.07, 6.45) is 4.04. The van der Waals surface area contributed by atoms with Crippen LogP contribution in [-0.2, 0) is 0 Å². The third kappa shape index (κ3) is 3.65. The van der Waals surface area contributed by atoms with Gasteiger partial charge in [-0.25, -0.2) is 4.98 Å². The van der Waals surface area contributed by atoms with E-state index in [-0.39, 0.29) is 0 Å². The van der Waals surface area contributed by atoms with E-state index >= 15 is 0 Å². The molecule has 21 heavy (non-hydrogen) atoms. The molecule has 0 aliphatic carbocycles. The van der Waals surface area contributed by atoms with Crippen molar-refractivity contribution in [2.45, 2.75) is 40.2 Å². The molecular weight excluding hydrogens is 268 g/mol. The maximum absolute atomic E-state index is 4.50. The molecule has 0 aliphatic heterocycles. The molecule has 8 nitrogen and oxygen atoms in total. The Morgan fingerprint density at radius 2 is 2.05 bits per heavy atom. The second-order valence-corrected chi connectivity index (χ2v) is 4.91. The van der Waals surface area contributed by atoms with Crippen LogP contribution in [0.25, 0.3) is 5.95 Å². The molecule has 0 atom stereocenters. The van der Waals surface area contributed by atoms with Gasteiger partial charge in [-0.3, -0.25) is 0 Å². The Kier molecular flexibility index (Phi) is 5.02. The van der Waals surface area contributed by atoms with Crippen molar-refractivity contribution in [2.75, 3.05) is 23.3 Å². The fraction of sp³-hybridized carbons (Fsp3) is 0.615. The average Bonchev–Trinajstić information content (AvgIpc) is 2.99. The van der Waals surface area contributed by atoms with E-state index < -0.39 is 0 Å². The van der Waals surface area contributed by atoms with Crippen LogP contribution in [0.3, 0.4) is 0 Å². The first-order valence-corrected chi connectivity index (χ1v) is 7.27. The first kappa shape index (κ1) is 15.1. The number of nitrogens with one attached hydrogen (secondary N) is 1. The maximum Gasteiger partial charge on any atom is 0.258 e. The highest BCUT2D eigenvalue weighted by molar-refractivity contribution is 5.40. The van der Waals surface area contributed by atoms with E-state index in [1.807, 2.05) is 0 Å². The van der Waals surface area contributed by atoms with Gasteiger partial charge in [0.1, 0.15) is 12.7 Å². The number of rotatable bonds is 7. The molecule has 1 N–H and O–H groups in total. The van der Waals surface area contributed by atoms with Gasteiger partial charge in [-0.1, -0.05) is 6.92 Å². The molecule has 0 radical (unpaired) electrons. The van der Waals surface area contributed by atoms with Crippen molar-refractivity contribution in [1.82, 2.24) is 29.7 Å². The number of hydrogen-bond acceptors (Lipinski definition) is 7. The lowest BCUT2D eigenvalue weighted by molar-refractivity contribution is 0.670. The van der Waals surface area contributed by atoms with Gasteiger partial charge < -0.3 is 10.2 Å². The Morgan fingerprint density at radius 3 is 2.62 bits per heavy atom. The van der Waals surface area contributed by atoms with Gasteiger partial charge >= 0.3 is 0 Å². The van der Waals surface area contributed by atoms with E-state index in [0.717, 1.165) is 19.5 Å². The summed E-state index contributed by atoms with van der Waals surface area (Å²) in [7, 11) is 0. The highest BCUT2D eigenvalue weighted by Crippen LogP contribution is 2.15. The first-order valence-electron chi connectivity index (χ1n) is 7.27. The van der Waals surface area contributed by atoms with Crippen molar-refractivity contribution in [3.63, 3.8) is 0 Å². The third-order valence-corrected chi connectivity index (χ3v) is 2.99. The molecule has 2 heterocycles. The van der Waals surface area contributed by atoms with Crippen molar-refractivity contribution in [1.29, 1.82) is 0 Å². The van der Waals surface area contributed by atoms with Crippen LogP contribution in [-0.4, -0.2) is 48.8 Å². The SMILES string of the molecule is CCCNc1nc(N(CC)C(C)C)nc(-n2cncn2)n1. The van der Waals surface area contributed by atoms with Crippen LogP contribution < -0.4 is 10.2 Å². The van der Waals surface area contributed by atoms with Crippen molar-refractivity contribution in [3.8, 4) is 5.95 Å². The molecule has 0 saturated heterocycles. The minimum Gasteiger partial charge on any atom is -0.354 e. The van der Waals surface area contributed by atoms with Crippen LogP contribution in [0.5, 0.6) is 0 Å². The number of aromatic nitrogens is 6. The Balaban J connectivity index is 2.41. The van der Waals surface area contributed by atoms with Crippen LogP contribution in [0.1, 0.15) is 34.1 Å². The Bertz CT molecular complexity index is 551. The highest BCUT2D eigenvalue weighted by Gasteiger charge is 2.15. The Morgan fingerprint density at radius 1 is 1.24 bits per heavy atom. The summed E-state index contributed by atoms with van der Waals surface area (Å²) < 4.78 is 1.54. The van der Waals surface area contributed by atoms with Gasteiger partial charge in [-0.15, -0.1) is 0 Å². The maximum atomic E-state index is 4.50. The number of hydrogen-bond donors (Lipinski definition) is 1. The summed E-state index contributed by atoms with van der Waals surface area (Å²) in [5.74, 6) is 1.67. The van der Waals surface area contributed by atoms with E-state index in [9.17, 15) is 0 Å². The quantitative estimate of drug-likeness (QED) is 0.827. The first-order chi connectivity index (χ1) is 10.2. The minimum atomic E-state index is 0.306. The lowest BCUT2D eigenvalue weighted by atomic mass is 10.3. The Labute approximate surface area is 124 Å². The molecule has 2 aromatic rings. The van der Waals surface area contributed by atoms with Crippen LogP contribution in [0.2, 0.25) is 0 Å². The summed E-state index contributed by atoms with van der Waals surface area (Å²) in [6.45, 7) is 10.0. The molecule has 0 saturated carbocycles. The molecule has 0 amide bonds. The molecule has 0 fully saturated rings. The summed E-state index contributed by atoms with van der Waals surface area (Å²) in [4.78, 5) is 19.4. The lowest BCUT2D eigenvalue weighted by Crippen LogP contribution is -2.32. The van der Waals surface area contributed by atoms with Gasteiger partial charge in [-0.2, -0.15) is 24.7 Å². The second-order valence-electron chi connectivity index (χ2n) is 4.91. The molecule has 0 unspecified atom stereocenters. The second kappa shape index (κ2) is 6.96. The van der Waals surface area contributed by atoms with E-state index in [1.54, 1.807) is 6.33 Å². The molecule has 0 aromatic carbocycles. The molecular formula is C13H22N8. The topological polar surface area (TPSA) is 84.7 Å². The summed E-state index contributed by atoms with van der Waals surface area (Å²) >= 11 is 0. The standard InChI is InChI=1S/C13H22N8/c1-5-7-15-11-17-12(20(6-2)10(3)4)19-13(18-11)21-9-14-8-16-21/h8-10H,5-7H2,1-4H3,(H,15,17,18,19). The van der Waals surface area contributed by atoms with E-state index in [4.69, 9.17) is 0 Å². The lowest BCUT2D eigenvalue weighted by Gasteiger charge is -2.25. The molecule has 8 heteroatoms. The molecule has 0 aliphatic rings. The van der Waals surface area contributed by atoms with Crippen LogP contribution in [0, 0.1) is 0 Å². The van der Waals surface area contributed by atoms with Crippen molar-refractivity contribution < 1.29 is 0 Å².